The van der Waals surface area contributed by atoms with Gasteiger partial charge in [0.2, 0.25) is 5.91 Å². The van der Waals surface area contributed by atoms with Crippen molar-refractivity contribution >= 4 is 13.7 Å². The summed E-state index contributed by atoms with van der Waals surface area (Å²) < 4.78 is 23.4. The van der Waals surface area contributed by atoms with E-state index >= 15 is 0 Å². The maximum Gasteiger partial charge on any atom is 0.268 e. The van der Waals surface area contributed by atoms with Crippen LogP contribution in [0.15, 0.2) is 60.8 Å². The van der Waals surface area contributed by atoms with Gasteiger partial charge in [0.05, 0.1) is 39.9 Å². The van der Waals surface area contributed by atoms with Gasteiger partial charge in [-0.3, -0.25) is 9.36 Å². The zero-order chi connectivity index (χ0) is 54.9. The third-order valence-electron chi connectivity index (χ3n) is 14.4. The summed E-state index contributed by atoms with van der Waals surface area (Å²) in [7, 11) is 1.24. The van der Waals surface area contributed by atoms with Crippen LogP contribution < -0.4 is 10.2 Å². The maximum absolute atomic E-state index is 13.0. The molecule has 0 fully saturated rings. The number of phosphoric ester groups is 1. The second-order valence-electron chi connectivity index (χ2n) is 23.1. The van der Waals surface area contributed by atoms with Crippen LogP contribution in [0.25, 0.3) is 0 Å². The molecule has 0 aliphatic heterocycles. The van der Waals surface area contributed by atoms with Gasteiger partial charge in [-0.2, -0.15) is 0 Å². The Labute approximate surface area is 466 Å². The number of phosphoric acid groups is 1. The van der Waals surface area contributed by atoms with Crippen LogP contribution in [0.5, 0.6) is 0 Å². The summed E-state index contributed by atoms with van der Waals surface area (Å²) in [5.74, 6) is -0.209. The second kappa shape index (κ2) is 56.9. The first-order valence-electron chi connectivity index (χ1n) is 32.2. The maximum atomic E-state index is 13.0. The molecule has 0 aliphatic carbocycles. The molecule has 3 unspecified atom stereocenters. The largest absolute Gasteiger partial charge is 0.756 e. The molecular weight excluding hydrogens is 948 g/mol. The summed E-state index contributed by atoms with van der Waals surface area (Å²) >= 11 is 0. The van der Waals surface area contributed by atoms with Crippen LogP contribution in [0, 0.1) is 0 Å². The lowest BCUT2D eigenvalue weighted by Crippen LogP contribution is -2.45. The third-order valence-corrected chi connectivity index (χ3v) is 15.4. The normalized spacial score (nSPS) is 14.2. The van der Waals surface area contributed by atoms with E-state index in [1.807, 2.05) is 27.2 Å². The fraction of sp³-hybridized carbons (Fsp3) is 0.833. The number of rotatable bonds is 59. The van der Waals surface area contributed by atoms with Crippen molar-refractivity contribution in [3.05, 3.63) is 60.8 Å². The number of nitrogens with one attached hydrogen (secondary N) is 1. The highest BCUT2D eigenvalue weighted by Gasteiger charge is 2.23. The van der Waals surface area contributed by atoms with Crippen LogP contribution in [0.4, 0.5) is 0 Å². The number of carbonyl (C=O) groups excluding carboxylic acids is 1. The van der Waals surface area contributed by atoms with Gasteiger partial charge in [-0.1, -0.05) is 280 Å². The highest BCUT2D eigenvalue weighted by Crippen LogP contribution is 2.38. The van der Waals surface area contributed by atoms with Crippen molar-refractivity contribution in [2.75, 3.05) is 40.9 Å². The van der Waals surface area contributed by atoms with Crippen LogP contribution in [0.1, 0.15) is 303 Å². The van der Waals surface area contributed by atoms with Gasteiger partial charge in [-0.05, 0) is 77.0 Å². The van der Waals surface area contributed by atoms with E-state index in [1.165, 1.54) is 231 Å². The number of aliphatic hydroxyl groups excluding tert-OH is 1. The summed E-state index contributed by atoms with van der Waals surface area (Å²) in [4.78, 5) is 25.6. The molecule has 0 aromatic rings. The molecule has 3 atom stereocenters. The Bertz CT molecular complexity index is 1400. The first-order valence-corrected chi connectivity index (χ1v) is 33.6. The zero-order valence-electron chi connectivity index (χ0n) is 50.3. The number of amides is 1. The summed E-state index contributed by atoms with van der Waals surface area (Å²) in [5.41, 5.74) is 0. The number of carbonyl (C=O) groups is 1. The quantitative estimate of drug-likeness (QED) is 0.0272. The summed E-state index contributed by atoms with van der Waals surface area (Å²) in [6.07, 6.45) is 77.5. The van der Waals surface area contributed by atoms with E-state index in [1.54, 1.807) is 6.08 Å². The second-order valence-corrected chi connectivity index (χ2v) is 24.5. The van der Waals surface area contributed by atoms with Gasteiger partial charge in [-0.25, -0.2) is 0 Å². The monoisotopic (exact) mass is 1070 g/mol. The fourth-order valence-corrected chi connectivity index (χ4v) is 10.1. The van der Waals surface area contributed by atoms with E-state index in [0.29, 0.717) is 17.4 Å². The van der Waals surface area contributed by atoms with Crippen LogP contribution in [-0.4, -0.2) is 68.5 Å². The van der Waals surface area contributed by atoms with Gasteiger partial charge >= 0.3 is 0 Å². The van der Waals surface area contributed by atoms with Gasteiger partial charge < -0.3 is 28.8 Å². The van der Waals surface area contributed by atoms with Crippen molar-refractivity contribution in [1.29, 1.82) is 0 Å². The molecule has 0 bridgehead atoms. The topological polar surface area (TPSA) is 108 Å². The minimum atomic E-state index is -4.61. The molecule has 0 aromatic carbocycles. The van der Waals surface area contributed by atoms with Gasteiger partial charge in [0.15, 0.2) is 0 Å². The van der Waals surface area contributed by atoms with Crippen molar-refractivity contribution < 1.29 is 32.9 Å². The van der Waals surface area contributed by atoms with Crippen molar-refractivity contribution in [2.24, 2.45) is 0 Å². The lowest BCUT2D eigenvalue weighted by Gasteiger charge is -2.29. The third kappa shape index (κ3) is 59.7. The van der Waals surface area contributed by atoms with Crippen molar-refractivity contribution in [2.45, 2.75) is 315 Å². The Morgan fingerprint density at radius 2 is 0.787 bits per heavy atom. The number of likely N-dealkylation sites (N-methyl/N-ethyl adjacent to an activating group) is 1. The number of allylic oxidation sites excluding steroid dienone is 9. The number of unbranched alkanes of at least 4 members (excludes halogenated alkanes) is 38. The van der Waals surface area contributed by atoms with Gasteiger partial charge in [0, 0.05) is 6.42 Å². The molecule has 0 radical (unpaired) electrons. The molecule has 440 valence electrons. The number of aliphatic hydroxyl groups is 1. The molecule has 0 saturated carbocycles. The number of hydrogen-bond donors (Lipinski definition) is 2. The number of quaternary nitrogens is 1. The van der Waals surface area contributed by atoms with Gasteiger partial charge in [-0.15, -0.1) is 0 Å². The van der Waals surface area contributed by atoms with E-state index in [9.17, 15) is 19.4 Å². The molecular formula is C66H125N2O6P. The smallest absolute Gasteiger partial charge is 0.268 e. The van der Waals surface area contributed by atoms with Crippen LogP contribution in [-0.2, 0) is 18.4 Å². The molecule has 1 amide bonds. The average molecular weight is 1070 g/mol. The molecule has 0 aliphatic rings. The molecule has 0 heterocycles. The van der Waals surface area contributed by atoms with Crippen LogP contribution >= 0.6 is 7.82 Å². The summed E-state index contributed by atoms with van der Waals surface area (Å²) in [6, 6.07) is -0.913. The molecule has 0 saturated heterocycles. The molecule has 8 nitrogen and oxygen atoms in total. The lowest BCUT2D eigenvalue weighted by atomic mass is 10.0. The Balaban J connectivity index is 4.20. The van der Waals surface area contributed by atoms with E-state index in [0.717, 1.165) is 51.4 Å². The predicted molar refractivity (Wildman–Crippen MR) is 325 cm³/mol. The Morgan fingerprint density at radius 3 is 1.16 bits per heavy atom. The Kier molecular flexibility index (Phi) is 55.5. The molecule has 2 N–H and O–H groups in total. The SMILES string of the molecule is CCCCCCC/C=C\C/C=C\CCCCCCCCCCCCCCCCCC(=O)NC(COP(=O)([O-])OCC[N+](C)(C)C)C(O)/C=C/CC/C=C/CC/C=C/CCCCCCCCCCCCCCCCCC. The first-order chi connectivity index (χ1) is 36.5. The molecule has 9 heteroatoms. The Morgan fingerprint density at radius 1 is 0.467 bits per heavy atom. The predicted octanol–water partition coefficient (Wildman–Crippen LogP) is 19.4. The van der Waals surface area contributed by atoms with Crippen LogP contribution in [0.2, 0.25) is 0 Å². The minimum absolute atomic E-state index is 0.00973. The average Bonchev–Trinajstić information content (AvgIpc) is 3.37. The minimum Gasteiger partial charge on any atom is -0.756 e. The van der Waals surface area contributed by atoms with E-state index in [4.69, 9.17) is 9.05 Å². The van der Waals surface area contributed by atoms with Gasteiger partial charge in [0.1, 0.15) is 13.2 Å². The fourth-order valence-electron chi connectivity index (χ4n) is 9.39. The molecule has 0 rings (SSSR count). The lowest BCUT2D eigenvalue weighted by molar-refractivity contribution is -0.870. The summed E-state index contributed by atoms with van der Waals surface area (Å²) in [5, 5.41) is 13.9. The van der Waals surface area contributed by atoms with E-state index < -0.39 is 26.6 Å². The molecule has 75 heavy (non-hydrogen) atoms. The van der Waals surface area contributed by atoms with E-state index in [-0.39, 0.29) is 12.5 Å². The van der Waals surface area contributed by atoms with Crippen molar-refractivity contribution in [1.82, 2.24) is 5.32 Å². The molecule has 0 spiro atoms. The van der Waals surface area contributed by atoms with E-state index in [2.05, 4.69) is 67.8 Å². The highest BCUT2D eigenvalue weighted by molar-refractivity contribution is 7.45. The number of nitrogens with zero attached hydrogens (tertiary/aromatic N) is 1. The van der Waals surface area contributed by atoms with Crippen molar-refractivity contribution in [3.63, 3.8) is 0 Å². The van der Waals surface area contributed by atoms with Gasteiger partial charge in [0.25, 0.3) is 7.82 Å². The van der Waals surface area contributed by atoms with Crippen LogP contribution in [0.3, 0.4) is 0 Å². The Hall–Kier alpha value is -1.80. The zero-order valence-corrected chi connectivity index (χ0v) is 51.1. The number of hydrogen-bond acceptors (Lipinski definition) is 6. The standard InChI is InChI=1S/C66H125N2O6P/c1-6-8-10-12-14-16-18-20-22-24-26-28-30-32-34-36-38-40-42-44-46-48-50-52-54-56-58-60-66(70)67-64(63-74-75(71,72)73-62-61-68(3,4)5)65(69)59-57-55-53-51-49-47-45-43-41-39-37-35-33-31-29-27-25-23-21-19-17-15-13-11-9-7-2/h18,20,24,26,41,43,49,51,57,59,64-65,69H,6-17,19,21-23,25,27-40,42,44-48,50,52-56,58,60-63H2,1-5H3,(H-,67,70,71,72)/b20-18-,26-24-,43-41+,51-49+,59-57+. The molecule has 0 aromatic heterocycles. The highest BCUT2D eigenvalue weighted by atomic mass is 31.2. The van der Waals surface area contributed by atoms with Crippen molar-refractivity contribution in [3.8, 4) is 0 Å². The first kappa shape index (κ1) is 73.2. The summed E-state index contributed by atoms with van der Waals surface area (Å²) in [6.45, 7) is 4.64.